The number of carbonyl (C=O) groups is 3. The van der Waals surface area contributed by atoms with Crippen molar-refractivity contribution in [1.82, 2.24) is 15.2 Å². The number of rotatable bonds is 11. The van der Waals surface area contributed by atoms with Gasteiger partial charge in [-0.1, -0.05) is 30.3 Å². The topological polar surface area (TPSA) is 118 Å². The first-order valence-electron chi connectivity index (χ1n) is 19.1. The number of aromatic nitrogens is 1. The minimum absolute atomic E-state index is 0.0347. The third-order valence-corrected chi connectivity index (χ3v) is 11.2. The summed E-state index contributed by atoms with van der Waals surface area (Å²) in [5.41, 5.74) is 7.57. The van der Waals surface area contributed by atoms with E-state index in [9.17, 15) is 19.5 Å². The number of carboxylic acids is 1. The van der Waals surface area contributed by atoms with Crippen molar-refractivity contribution in [1.29, 1.82) is 0 Å². The molecule has 1 aromatic heterocycles. The molecular weight excluding hydrogens is 665 g/mol. The monoisotopic (exact) mass is 714 g/mol. The highest BCUT2D eigenvalue weighted by molar-refractivity contribution is 6.07. The van der Waals surface area contributed by atoms with E-state index in [0.717, 1.165) is 88.3 Å². The van der Waals surface area contributed by atoms with Crippen LogP contribution in [0.15, 0.2) is 85.1 Å². The highest BCUT2D eigenvalue weighted by Gasteiger charge is 2.25. The highest BCUT2D eigenvalue weighted by atomic mass is 16.4. The molecule has 4 aromatic rings. The zero-order valence-corrected chi connectivity index (χ0v) is 30.6. The van der Waals surface area contributed by atoms with Crippen LogP contribution in [-0.2, 0) is 11.2 Å². The van der Waals surface area contributed by atoms with Crippen molar-refractivity contribution in [2.75, 3.05) is 61.4 Å². The summed E-state index contributed by atoms with van der Waals surface area (Å²) in [6, 6.07) is 25.6. The molecule has 0 saturated carbocycles. The zero-order chi connectivity index (χ0) is 36.7. The number of nitrogens with one attached hydrogen (secondary N) is 2. The molecule has 10 heteroatoms. The molecule has 10 nitrogen and oxygen atoms in total. The maximum atomic E-state index is 13.9. The Morgan fingerprint density at radius 2 is 1.62 bits per heavy atom. The van der Waals surface area contributed by atoms with Gasteiger partial charge in [0.15, 0.2) is 0 Å². The quantitative estimate of drug-likeness (QED) is 0.152. The molecular formula is C43H50N6O4. The number of nitrogens with zero attached hydrogens (tertiary/aromatic N) is 4. The van der Waals surface area contributed by atoms with Gasteiger partial charge in [-0.2, -0.15) is 0 Å². The van der Waals surface area contributed by atoms with Crippen molar-refractivity contribution >= 4 is 34.8 Å². The summed E-state index contributed by atoms with van der Waals surface area (Å²) >= 11 is 0. The third kappa shape index (κ3) is 8.71. The average molecular weight is 715 g/mol. The molecule has 1 unspecified atom stereocenters. The number of carboxylic acid groups (broad SMARTS) is 1. The van der Waals surface area contributed by atoms with Crippen LogP contribution in [-0.4, -0.2) is 79.1 Å². The summed E-state index contributed by atoms with van der Waals surface area (Å²) in [6.07, 6.45) is 9.49. The zero-order valence-electron chi connectivity index (χ0n) is 30.6. The number of amides is 2. The first-order valence-corrected chi connectivity index (χ1v) is 19.1. The standard InChI is InChI=1S/C43H50N6O4/c1-47(25-26-48-23-18-31(19-24-48)43(52)53)34-12-7-11-32(27-34)41(50)46-39-16-15-35(49-21-5-2-6-22-49)29-37(39)40-28-33(17-20-44-40)42(51)45-38-14-8-10-30-9-3-4-13-36(30)38/h3-4,7,9,11-13,15-17,20,27-29,31,38H,2,5-6,8,10,14,18-19,21-26H2,1H3,(H,45,51)(H,46,50)(H,52,53). The summed E-state index contributed by atoms with van der Waals surface area (Å²) in [5, 5.41) is 15.8. The first kappa shape index (κ1) is 36.2. The van der Waals surface area contributed by atoms with Gasteiger partial charge in [0.2, 0.25) is 0 Å². The molecule has 2 amide bonds. The number of aryl methyl sites for hydroxylation is 1. The van der Waals surface area contributed by atoms with Gasteiger partial charge in [0.05, 0.1) is 23.3 Å². The first-order chi connectivity index (χ1) is 25.8. The Hall–Kier alpha value is -5.22. The fourth-order valence-corrected chi connectivity index (χ4v) is 7.97. The van der Waals surface area contributed by atoms with E-state index in [2.05, 4.69) is 55.7 Å². The minimum atomic E-state index is -0.698. The number of carbonyl (C=O) groups excluding carboxylic acids is 2. The summed E-state index contributed by atoms with van der Waals surface area (Å²) in [5.74, 6) is -1.31. The minimum Gasteiger partial charge on any atom is -0.481 e. The molecule has 0 radical (unpaired) electrons. The van der Waals surface area contributed by atoms with Gasteiger partial charge in [-0.05, 0) is 124 Å². The van der Waals surface area contributed by atoms with Gasteiger partial charge in [0.1, 0.15) is 0 Å². The number of likely N-dealkylation sites (tertiary alicyclic amines) is 1. The van der Waals surface area contributed by atoms with Crippen LogP contribution in [0.1, 0.15) is 82.8 Å². The van der Waals surface area contributed by atoms with Crippen LogP contribution in [0, 0.1) is 5.92 Å². The van der Waals surface area contributed by atoms with Crippen LogP contribution in [0.2, 0.25) is 0 Å². The Kier molecular flexibility index (Phi) is 11.3. The van der Waals surface area contributed by atoms with E-state index in [1.807, 2.05) is 49.5 Å². The number of aliphatic carboxylic acids is 1. The molecule has 53 heavy (non-hydrogen) atoms. The van der Waals surface area contributed by atoms with Crippen LogP contribution < -0.4 is 20.4 Å². The second-order valence-electron chi connectivity index (χ2n) is 14.7. The summed E-state index contributed by atoms with van der Waals surface area (Å²) in [7, 11) is 2.01. The van der Waals surface area contributed by atoms with Crippen LogP contribution >= 0.6 is 0 Å². The molecule has 1 aliphatic carbocycles. The smallest absolute Gasteiger partial charge is 0.306 e. The van der Waals surface area contributed by atoms with Crippen molar-refractivity contribution < 1.29 is 19.5 Å². The van der Waals surface area contributed by atoms with E-state index in [1.54, 1.807) is 12.3 Å². The number of pyridine rings is 1. The maximum Gasteiger partial charge on any atom is 0.306 e. The molecule has 3 heterocycles. The number of hydrogen-bond donors (Lipinski definition) is 3. The summed E-state index contributed by atoms with van der Waals surface area (Å²) in [6.45, 7) is 5.10. The second kappa shape index (κ2) is 16.6. The molecule has 3 N–H and O–H groups in total. The van der Waals surface area contributed by atoms with E-state index in [1.165, 1.54) is 17.5 Å². The van der Waals surface area contributed by atoms with Crippen molar-refractivity contribution in [2.45, 2.75) is 57.4 Å². The molecule has 2 fully saturated rings. The number of fused-ring (bicyclic) bond motifs is 1. The number of benzene rings is 3. The molecule has 2 aliphatic heterocycles. The Bertz CT molecular complexity index is 1930. The normalized spacial score (nSPS) is 17.8. The van der Waals surface area contributed by atoms with Crippen molar-refractivity contribution in [3.63, 3.8) is 0 Å². The van der Waals surface area contributed by atoms with Crippen molar-refractivity contribution in [3.8, 4) is 11.3 Å². The fraction of sp³-hybridized carbons (Fsp3) is 0.395. The summed E-state index contributed by atoms with van der Waals surface area (Å²) in [4.78, 5) is 50.4. The van der Waals surface area contributed by atoms with Crippen LogP contribution in [0.3, 0.4) is 0 Å². The molecule has 3 aliphatic rings. The number of hydrogen-bond acceptors (Lipinski definition) is 7. The van der Waals surface area contributed by atoms with Gasteiger partial charge >= 0.3 is 5.97 Å². The van der Waals surface area contributed by atoms with Crippen LogP contribution in [0.4, 0.5) is 17.1 Å². The molecule has 2 saturated heterocycles. The lowest BCUT2D eigenvalue weighted by Crippen LogP contribution is -2.40. The Labute approximate surface area is 312 Å². The van der Waals surface area contributed by atoms with Gasteiger partial charge in [0.25, 0.3) is 11.8 Å². The van der Waals surface area contributed by atoms with Gasteiger partial charge in [-0.15, -0.1) is 0 Å². The van der Waals surface area contributed by atoms with Crippen LogP contribution in [0.5, 0.6) is 0 Å². The van der Waals surface area contributed by atoms with E-state index in [4.69, 9.17) is 4.98 Å². The van der Waals surface area contributed by atoms with Crippen molar-refractivity contribution in [2.24, 2.45) is 5.92 Å². The number of likely N-dealkylation sites (N-methyl/N-ethyl adjacent to an activating group) is 1. The third-order valence-electron chi connectivity index (χ3n) is 11.2. The van der Waals surface area contributed by atoms with Gasteiger partial charge in [-0.25, -0.2) is 0 Å². The number of anilines is 3. The Morgan fingerprint density at radius 1 is 0.830 bits per heavy atom. The van der Waals surface area contributed by atoms with Crippen molar-refractivity contribution in [3.05, 3.63) is 107 Å². The second-order valence-corrected chi connectivity index (χ2v) is 14.7. The molecule has 3 aromatic carbocycles. The van der Waals surface area contributed by atoms with Crippen LogP contribution in [0.25, 0.3) is 11.3 Å². The highest BCUT2D eigenvalue weighted by Crippen LogP contribution is 2.34. The van der Waals surface area contributed by atoms with Gasteiger partial charge in [-0.3, -0.25) is 19.4 Å². The summed E-state index contributed by atoms with van der Waals surface area (Å²) < 4.78 is 0. The van der Waals surface area contributed by atoms with E-state index in [0.29, 0.717) is 35.3 Å². The predicted octanol–water partition coefficient (Wildman–Crippen LogP) is 7.03. The molecule has 0 bridgehead atoms. The lowest BCUT2D eigenvalue weighted by atomic mass is 9.87. The molecule has 1 atom stereocenters. The Balaban J connectivity index is 1.08. The average Bonchev–Trinajstić information content (AvgIpc) is 3.20. The van der Waals surface area contributed by atoms with E-state index >= 15 is 0 Å². The maximum absolute atomic E-state index is 13.9. The number of piperidine rings is 2. The molecule has 0 spiro atoms. The largest absolute Gasteiger partial charge is 0.481 e. The van der Waals surface area contributed by atoms with E-state index < -0.39 is 5.97 Å². The van der Waals surface area contributed by atoms with Gasteiger partial charge in [0, 0.05) is 67.5 Å². The lowest BCUT2D eigenvalue weighted by Gasteiger charge is -2.31. The molecule has 7 rings (SSSR count). The Morgan fingerprint density at radius 3 is 2.43 bits per heavy atom. The lowest BCUT2D eigenvalue weighted by molar-refractivity contribution is -0.143. The molecule has 276 valence electrons. The van der Waals surface area contributed by atoms with E-state index in [-0.39, 0.29) is 23.8 Å². The predicted molar refractivity (Wildman–Crippen MR) is 210 cm³/mol. The van der Waals surface area contributed by atoms with Gasteiger partial charge < -0.3 is 30.4 Å². The fourth-order valence-electron chi connectivity index (χ4n) is 7.97. The SMILES string of the molecule is CN(CCN1CCC(C(=O)O)CC1)c1cccc(C(=O)Nc2ccc(N3CCCCC3)cc2-c2cc(C(=O)NC3CCCc4ccccc43)ccn2)c1.